The van der Waals surface area contributed by atoms with E-state index in [0.29, 0.717) is 6.54 Å². The Labute approximate surface area is 134 Å². The van der Waals surface area contributed by atoms with E-state index in [0.717, 1.165) is 16.0 Å². The Morgan fingerprint density at radius 1 is 1.27 bits per heavy atom. The summed E-state index contributed by atoms with van der Waals surface area (Å²) >= 11 is 1.57. The number of amides is 1. The number of benzene rings is 1. The molecule has 0 saturated heterocycles. The summed E-state index contributed by atoms with van der Waals surface area (Å²) < 4.78 is 0. The Kier molecular flexibility index (Phi) is 5.70. The molecular formula is C18H16N2OS. The Morgan fingerprint density at radius 2 is 2.05 bits per heavy atom. The van der Waals surface area contributed by atoms with Crippen LogP contribution in [-0.4, -0.2) is 5.91 Å². The van der Waals surface area contributed by atoms with Crippen molar-refractivity contribution in [3.8, 4) is 6.07 Å². The first kappa shape index (κ1) is 15.7. The topological polar surface area (TPSA) is 52.9 Å². The summed E-state index contributed by atoms with van der Waals surface area (Å²) in [6, 6.07) is 15.6. The fourth-order valence-electron chi connectivity index (χ4n) is 1.91. The fourth-order valence-corrected chi connectivity index (χ4v) is 2.55. The van der Waals surface area contributed by atoms with Gasteiger partial charge < -0.3 is 5.32 Å². The zero-order chi connectivity index (χ0) is 15.8. The molecule has 0 saturated carbocycles. The third-order valence-electron chi connectivity index (χ3n) is 2.93. The molecule has 3 nitrogen and oxygen atoms in total. The Bertz CT molecular complexity index is 722. The van der Waals surface area contributed by atoms with E-state index in [1.807, 2.05) is 66.9 Å². The number of carbonyl (C=O) groups excluding carboxylic acids is 1. The van der Waals surface area contributed by atoms with Crippen molar-refractivity contribution in [3.63, 3.8) is 0 Å². The van der Waals surface area contributed by atoms with Gasteiger partial charge in [-0.25, -0.2) is 0 Å². The molecule has 0 unspecified atom stereocenters. The zero-order valence-corrected chi connectivity index (χ0v) is 13.1. The van der Waals surface area contributed by atoms with E-state index < -0.39 is 0 Å². The smallest absolute Gasteiger partial charge is 0.262 e. The summed E-state index contributed by atoms with van der Waals surface area (Å²) in [5.74, 6) is -0.350. The summed E-state index contributed by atoms with van der Waals surface area (Å²) in [5, 5.41) is 13.9. The molecular weight excluding hydrogens is 292 g/mol. The fraction of sp³-hybridized carbons (Fsp3) is 0.111. The number of thiophene rings is 1. The molecule has 0 aliphatic carbocycles. The first-order valence-electron chi connectivity index (χ1n) is 6.85. The quantitative estimate of drug-likeness (QED) is 0.517. The third-order valence-corrected chi connectivity index (χ3v) is 3.81. The van der Waals surface area contributed by atoms with Crippen LogP contribution in [0.5, 0.6) is 0 Å². The molecule has 0 radical (unpaired) electrons. The molecule has 4 heteroatoms. The highest BCUT2D eigenvalue weighted by atomic mass is 32.1. The monoisotopic (exact) mass is 308 g/mol. The molecule has 110 valence electrons. The normalized spacial score (nSPS) is 11.8. The van der Waals surface area contributed by atoms with Crippen LogP contribution in [-0.2, 0) is 11.3 Å². The average molecular weight is 308 g/mol. The van der Waals surface area contributed by atoms with E-state index in [2.05, 4.69) is 5.32 Å². The van der Waals surface area contributed by atoms with Crippen molar-refractivity contribution < 1.29 is 4.79 Å². The highest BCUT2D eigenvalue weighted by Crippen LogP contribution is 2.10. The van der Waals surface area contributed by atoms with Crippen LogP contribution in [0.15, 0.2) is 65.1 Å². The van der Waals surface area contributed by atoms with Gasteiger partial charge in [0.2, 0.25) is 0 Å². The van der Waals surface area contributed by atoms with Crippen molar-refractivity contribution in [1.29, 1.82) is 5.26 Å². The van der Waals surface area contributed by atoms with E-state index in [1.165, 1.54) is 0 Å². The number of carbonyl (C=O) groups is 1. The minimum absolute atomic E-state index is 0.112. The highest BCUT2D eigenvalue weighted by molar-refractivity contribution is 7.09. The molecule has 1 N–H and O–H groups in total. The van der Waals surface area contributed by atoms with Crippen molar-refractivity contribution in [1.82, 2.24) is 5.32 Å². The Morgan fingerprint density at radius 3 is 2.68 bits per heavy atom. The summed E-state index contributed by atoms with van der Waals surface area (Å²) in [6.45, 7) is 2.31. The van der Waals surface area contributed by atoms with E-state index >= 15 is 0 Å². The number of nitrogens with zero attached hydrogens (tertiary/aromatic N) is 1. The maximum atomic E-state index is 12.0. The standard InChI is InChI=1S/C18H16N2OS/c1-14(10-15-6-3-2-4-7-15)11-16(12-19)18(21)20-13-17-8-5-9-22-17/h2-11H,13H2,1H3,(H,20,21). The summed E-state index contributed by atoms with van der Waals surface area (Å²) in [6.07, 6.45) is 3.54. The second kappa shape index (κ2) is 7.96. The van der Waals surface area contributed by atoms with Gasteiger partial charge in [0, 0.05) is 4.88 Å². The molecule has 1 aromatic carbocycles. The molecule has 0 aliphatic heterocycles. The van der Waals surface area contributed by atoms with Gasteiger partial charge in [0.05, 0.1) is 6.54 Å². The zero-order valence-electron chi connectivity index (χ0n) is 12.2. The Hall–Kier alpha value is -2.64. The molecule has 1 heterocycles. The van der Waals surface area contributed by atoms with Gasteiger partial charge in [-0.3, -0.25) is 4.79 Å². The number of nitrogens with one attached hydrogen (secondary N) is 1. The largest absolute Gasteiger partial charge is 0.347 e. The number of hydrogen-bond donors (Lipinski definition) is 1. The molecule has 0 atom stereocenters. The SMILES string of the molecule is CC(=Cc1ccccc1)C=C(C#N)C(=O)NCc1cccs1. The minimum atomic E-state index is -0.350. The molecule has 0 fully saturated rings. The van der Waals surface area contributed by atoms with Gasteiger partial charge >= 0.3 is 0 Å². The minimum Gasteiger partial charge on any atom is -0.347 e. The second-order valence-electron chi connectivity index (χ2n) is 4.73. The van der Waals surface area contributed by atoms with E-state index in [1.54, 1.807) is 17.4 Å². The molecule has 22 heavy (non-hydrogen) atoms. The maximum absolute atomic E-state index is 12.0. The summed E-state index contributed by atoms with van der Waals surface area (Å²) in [4.78, 5) is 13.1. The van der Waals surface area contributed by atoms with Gasteiger partial charge in [0.1, 0.15) is 11.6 Å². The lowest BCUT2D eigenvalue weighted by Crippen LogP contribution is -2.23. The van der Waals surface area contributed by atoms with Gasteiger partial charge in [0.25, 0.3) is 5.91 Å². The van der Waals surface area contributed by atoms with Crippen LogP contribution in [0, 0.1) is 11.3 Å². The first-order chi connectivity index (χ1) is 10.7. The molecule has 0 aliphatic rings. The molecule has 1 aromatic heterocycles. The van der Waals surface area contributed by atoms with Gasteiger partial charge in [-0.2, -0.15) is 5.26 Å². The predicted octanol–water partition coefficient (Wildman–Crippen LogP) is 3.92. The lowest BCUT2D eigenvalue weighted by atomic mass is 10.1. The summed E-state index contributed by atoms with van der Waals surface area (Å²) in [5.41, 5.74) is 2.00. The van der Waals surface area contributed by atoms with Crippen molar-refractivity contribution >= 4 is 23.3 Å². The number of rotatable bonds is 5. The highest BCUT2D eigenvalue weighted by Gasteiger charge is 2.08. The van der Waals surface area contributed by atoms with Crippen molar-refractivity contribution in [3.05, 3.63) is 75.5 Å². The molecule has 0 spiro atoms. The molecule has 2 rings (SSSR count). The van der Waals surface area contributed by atoms with Gasteiger partial charge in [0.15, 0.2) is 0 Å². The van der Waals surface area contributed by atoms with E-state index in [9.17, 15) is 4.79 Å². The third kappa shape index (κ3) is 4.72. The van der Waals surface area contributed by atoms with Crippen LogP contribution in [0.1, 0.15) is 17.4 Å². The van der Waals surface area contributed by atoms with Gasteiger partial charge in [-0.05, 0) is 35.6 Å². The molecule has 1 amide bonds. The van der Waals surface area contributed by atoms with Crippen LogP contribution in [0.3, 0.4) is 0 Å². The second-order valence-corrected chi connectivity index (χ2v) is 5.76. The van der Waals surface area contributed by atoms with E-state index in [-0.39, 0.29) is 11.5 Å². The van der Waals surface area contributed by atoms with Crippen molar-refractivity contribution in [2.24, 2.45) is 0 Å². The van der Waals surface area contributed by atoms with Crippen molar-refractivity contribution in [2.75, 3.05) is 0 Å². The van der Waals surface area contributed by atoms with E-state index in [4.69, 9.17) is 5.26 Å². The maximum Gasteiger partial charge on any atom is 0.262 e. The van der Waals surface area contributed by atoms with Gasteiger partial charge in [-0.1, -0.05) is 42.5 Å². The van der Waals surface area contributed by atoms with Crippen LogP contribution < -0.4 is 5.32 Å². The first-order valence-corrected chi connectivity index (χ1v) is 7.73. The summed E-state index contributed by atoms with van der Waals surface area (Å²) in [7, 11) is 0. The van der Waals surface area contributed by atoms with Crippen LogP contribution in [0.25, 0.3) is 6.08 Å². The molecule has 0 bridgehead atoms. The lowest BCUT2D eigenvalue weighted by molar-refractivity contribution is -0.117. The lowest BCUT2D eigenvalue weighted by Gasteiger charge is -2.02. The molecule has 2 aromatic rings. The van der Waals surface area contributed by atoms with Crippen LogP contribution in [0.2, 0.25) is 0 Å². The van der Waals surface area contributed by atoms with Crippen molar-refractivity contribution in [2.45, 2.75) is 13.5 Å². The van der Waals surface area contributed by atoms with Crippen LogP contribution in [0.4, 0.5) is 0 Å². The predicted molar refractivity (Wildman–Crippen MR) is 90.0 cm³/mol. The number of nitriles is 1. The van der Waals surface area contributed by atoms with Gasteiger partial charge in [-0.15, -0.1) is 11.3 Å². The average Bonchev–Trinajstić information content (AvgIpc) is 3.04. The number of allylic oxidation sites excluding steroid dienone is 2. The number of hydrogen-bond acceptors (Lipinski definition) is 3. The Balaban J connectivity index is 2.05. The van der Waals surface area contributed by atoms with Crippen LogP contribution >= 0.6 is 11.3 Å².